The van der Waals surface area contributed by atoms with E-state index >= 15 is 0 Å². The van der Waals surface area contributed by atoms with Crippen molar-refractivity contribution >= 4 is 5.69 Å². The van der Waals surface area contributed by atoms with Crippen molar-refractivity contribution in [1.29, 1.82) is 0 Å². The minimum Gasteiger partial charge on any atom is -0.396 e. The first-order valence-corrected chi connectivity index (χ1v) is 6.34. The van der Waals surface area contributed by atoms with Gasteiger partial charge in [-0.1, -0.05) is 12.1 Å². The Morgan fingerprint density at radius 2 is 2.06 bits per heavy atom. The van der Waals surface area contributed by atoms with Crippen LogP contribution in [0.2, 0.25) is 0 Å². The van der Waals surface area contributed by atoms with Crippen molar-refractivity contribution in [1.82, 2.24) is 0 Å². The van der Waals surface area contributed by atoms with Crippen LogP contribution in [0.3, 0.4) is 0 Å². The van der Waals surface area contributed by atoms with Crippen molar-refractivity contribution in [3.8, 4) is 0 Å². The van der Waals surface area contributed by atoms with Gasteiger partial charge in [0.1, 0.15) is 0 Å². The maximum Gasteiger partial charge on any atom is 0.0761 e. The summed E-state index contributed by atoms with van der Waals surface area (Å²) in [7, 11) is 0. The first-order valence-electron chi connectivity index (χ1n) is 6.34. The van der Waals surface area contributed by atoms with Crippen LogP contribution in [0.5, 0.6) is 0 Å². The summed E-state index contributed by atoms with van der Waals surface area (Å²) in [6.45, 7) is 4.05. The number of hydrogen-bond donors (Lipinski definition) is 2. The summed E-state index contributed by atoms with van der Waals surface area (Å²) in [5.74, 6) is 0.403. The highest BCUT2D eigenvalue weighted by atomic mass is 16.3. The lowest BCUT2D eigenvalue weighted by molar-refractivity contribution is 0.199. The minimum absolute atomic E-state index is 0.280. The van der Waals surface area contributed by atoms with Crippen LogP contribution < -0.4 is 4.90 Å². The molecule has 1 aromatic rings. The van der Waals surface area contributed by atoms with Gasteiger partial charge in [0.2, 0.25) is 0 Å². The fourth-order valence-corrected chi connectivity index (χ4v) is 2.41. The Kier molecular flexibility index (Phi) is 4.02. The zero-order valence-corrected chi connectivity index (χ0v) is 10.3. The van der Waals surface area contributed by atoms with Gasteiger partial charge in [-0.25, -0.2) is 0 Å². The molecule has 2 atom stereocenters. The third-order valence-electron chi connectivity index (χ3n) is 3.52. The first kappa shape index (κ1) is 12.4. The number of hydrogen-bond acceptors (Lipinski definition) is 3. The second-order valence-corrected chi connectivity index (χ2v) is 4.90. The summed E-state index contributed by atoms with van der Waals surface area (Å²) in [6.07, 6.45) is 1.86. The molecule has 0 spiro atoms. The van der Waals surface area contributed by atoms with Crippen molar-refractivity contribution in [3.05, 3.63) is 29.8 Å². The molecule has 94 valence electrons. The topological polar surface area (TPSA) is 43.7 Å². The van der Waals surface area contributed by atoms with Crippen molar-refractivity contribution in [3.63, 3.8) is 0 Å². The molecule has 2 N–H and O–H groups in total. The Hall–Kier alpha value is -1.06. The fourth-order valence-electron chi connectivity index (χ4n) is 2.41. The van der Waals surface area contributed by atoms with Crippen molar-refractivity contribution in [2.75, 3.05) is 24.6 Å². The molecule has 1 aliphatic heterocycles. The van der Waals surface area contributed by atoms with Gasteiger partial charge in [0.25, 0.3) is 0 Å². The lowest BCUT2D eigenvalue weighted by Crippen LogP contribution is -2.36. The summed E-state index contributed by atoms with van der Waals surface area (Å²) in [5, 5.41) is 18.7. The van der Waals surface area contributed by atoms with Crippen molar-refractivity contribution in [2.45, 2.75) is 25.9 Å². The number of anilines is 1. The highest BCUT2D eigenvalue weighted by Crippen LogP contribution is 2.24. The van der Waals surface area contributed by atoms with Crippen molar-refractivity contribution in [2.24, 2.45) is 5.92 Å². The predicted octanol–water partition coefficient (Wildman–Crippen LogP) is 1.95. The molecule has 0 saturated carbocycles. The van der Waals surface area contributed by atoms with E-state index in [0.717, 1.165) is 31.5 Å². The van der Waals surface area contributed by atoms with Gasteiger partial charge in [-0.2, -0.15) is 0 Å². The van der Waals surface area contributed by atoms with Crippen LogP contribution in [0.25, 0.3) is 0 Å². The maximum absolute atomic E-state index is 9.46. The zero-order chi connectivity index (χ0) is 12.3. The van der Waals surface area contributed by atoms with E-state index in [0.29, 0.717) is 5.92 Å². The molecule has 17 heavy (non-hydrogen) atoms. The van der Waals surface area contributed by atoms with Gasteiger partial charge in [-0.05, 0) is 43.4 Å². The first-order chi connectivity index (χ1) is 8.20. The van der Waals surface area contributed by atoms with Gasteiger partial charge in [-0.3, -0.25) is 0 Å². The summed E-state index contributed by atoms with van der Waals surface area (Å²) in [5.41, 5.74) is 2.14. The minimum atomic E-state index is -0.407. The Bertz CT molecular complexity index is 348. The Balaban J connectivity index is 2.06. The molecule has 1 aromatic carbocycles. The van der Waals surface area contributed by atoms with E-state index in [1.54, 1.807) is 6.92 Å². The molecule has 2 unspecified atom stereocenters. The SMILES string of the molecule is CC(O)c1ccc(N2CCCC(CO)C2)cc1. The smallest absolute Gasteiger partial charge is 0.0761 e. The van der Waals surface area contributed by atoms with Crippen molar-refractivity contribution < 1.29 is 10.2 Å². The van der Waals surface area contributed by atoms with Crippen LogP contribution in [-0.2, 0) is 0 Å². The summed E-state index contributed by atoms with van der Waals surface area (Å²) in [4.78, 5) is 2.32. The van der Waals surface area contributed by atoms with Gasteiger partial charge in [-0.15, -0.1) is 0 Å². The molecule has 1 fully saturated rings. The number of aliphatic hydroxyl groups excluding tert-OH is 2. The van der Waals surface area contributed by atoms with Gasteiger partial charge in [0, 0.05) is 25.4 Å². The van der Waals surface area contributed by atoms with Gasteiger partial charge < -0.3 is 15.1 Å². The molecule has 0 bridgehead atoms. The van der Waals surface area contributed by atoms with E-state index in [9.17, 15) is 10.2 Å². The maximum atomic E-state index is 9.46. The summed E-state index contributed by atoms with van der Waals surface area (Å²) < 4.78 is 0. The van der Waals surface area contributed by atoms with E-state index in [1.165, 1.54) is 5.69 Å². The Labute approximate surface area is 103 Å². The number of benzene rings is 1. The zero-order valence-electron chi connectivity index (χ0n) is 10.3. The third-order valence-corrected chi connectivity index (χ3v) is 3.52. The van der Waals surface area contributed by atoms with Crippen LogP contribution in [0, 0.1) is 5.92 Å². The summed E-state index contributed by atoms with van der Waals surface area (Å²) >= 11 is 0. The lowest BCUT2D eigenvalue weighted by atomic mass is 9.98. The second kappa shape index (κ2) is 5.52. The van der Waals surface area contributed by atoms with E-state index in [-0.39, 0.29) is 6.61 Å². The van der Waals surface area contributed by atoms with Crippen LogP contribution in [-0.4, -0.2) is 29.9 Å². The normalized spacial score (nSPS) is 22.5. The molecule has 0 aliphatic carbocycles. The number of rotatable bonds is 3. The standard InChI is InChI=1S/C14H21NO2/c1-11(17)13-4-6-14(7-5-13)15-8-2-3-12(9-15)10-16/h4-7,11-12,16-17H,2-3,8-10H2,1H3. The quantitative estimate of drug-likeness (QED) is 0.841. The molecule has 2 rings (SSSR count). The molecule has 1 aliphatic rings. The van der Waals surface area contributed by atoms with E-state index in [4.69, 9.17) is 0 Å². The molecule has 0 aromatic heterocycles. The van der Waals surface area contributed by atoms with E-state index in [2.05, 4.69) is 17.0 Å². The molecular formula is C14H21NO2. The molecule has 3 nitrogen and oxygen atoms in total. The second-order valence-electron chi connectivity index (χ2n) is 4.90. The van der Waals surface area contributed by atoms with Crippen LogP contribution >= 0.6 is 0 Å². The Morgan fingerprint density at radius 3 is 2.65 bits per heavy atom. The Morgan fingerprint density at radius 1 is 1.35 bits per heavy atom. The van der Waals surface area contributed by atoms with E-state index < -0.39 is 6.10 Å². The highest BCUT2D eigenvalue weighted by Gasteiger charge is 2.19. The highest BCUT2D eigenvalue weighted by molar-refractivity contribution is 5.48. The molecule has 3 heteroatoms. The molecule has 0 amide bonds. The van der Waals surface area contributed by atoms with Gasteiger partial charge in [0.15, 0.2) is 0 Å². The van der Waals surface area contributed by atoms with E-state index in [1.807, 2.05) is 12.1 Å². The molecule has 1 saturated heterocycles. The van der Waals surface area contributed by atoms with Gasteiger partial charge in [0.05, 0.1) is 6.10 Å². The van der Waals surface area contributed by atoms with Gasteiger partial charge >= 0.3 is 0 Å². The number of piperidine rings is 1. The lowest BCUT2D eigenvalue weighted by Gasteiger charge is -2.33. The number of aliphatic hydroxyl groups is 2. The summed E-state index contributed by atoms with van der Waals surface area (Å²) in [6, 6.07) is 8.06. The average Bonchev–Trinajstić information content (AvgIpc) is 2.39. The molecule has 0 radical (unpaired) electrons. The molecular weight excluding hydrogens is 214 g/mol. The van der Waals surface area contributed by atoms with Crippen LogP contribution in [0.15, 0.2) is 24.3 Å². The predicted molar refractivity (Wildman–Crippen MR) is 69.1 cm³/mol. The third kappa shape index (κ3) is 2.99. The monoisotopic (exact) mass is 235 g/mol. The van der Waals surface area contributed by atoms with Crippen LogP contribution in [0.4, 0.5) is 5.69 Å². The fraction of sp³-hybridized carbons (Fsp3) is 0.571. The average molecular weight is 235 g/mol. The van der Waals surface area contributed by atoms with Crippen LogP contribution in [0.1, 0.15) is 31.4 Å². The molecule has 1 heterocycles. The largest absolute Gasteiger partial charge is 0.396 e. The number of nitrogens with zero attached hydrogens (tertiary/aromatic N) is 1.